The van der Waals surface area contributed by atoms with Crippen LogP contribution in [-0.4, -0.2) is 46.3 Å². The van der Waals surface area contributed by atoms with Gasteiger partial charge in [-0.3, -0.25) is 0 Å². The summed E-state index contributed by atoms with van der Waals surface area (Å²) in [6.07, 6.45) is 0.446. The number of aliphatic hydroxyl groups excluding tert-OH is 2. The second-order valence-corrected chi connectivity index (χ2v) is 5.71. The molecule has 0 amide bonds. The Morgan fingerprint density at radius 3 is 1.94 bits per heavy atom. The summed E-state index contributed by atoms with van der Waals surface area (Å²) in [6, 6.07) is 0. The predicted octanol–water partition coefficient (Wildman–Crippen LogP) is 0.845. The van der Waals surface area contributed by atoms with Crippen molar-refractivity contribution in [2.45, 2.75) is 69.0 Å². The Kier molecular flexibility index (Phi) is 2.63. The second-order valence-electron chi connectivity index (χ2n) is 5.71. The second kappa shape index (κ2) is 3.42. The number of hydrogen-bond acceptors (Lipinski definition) is 4. The summed E-state index contributed by atoms with van der Waals surface area (Å²) in [5.74, 6) is 0. The molecule has 0 aliphatic carbocycles. The minimum atomic E-state index is -0.832. The molecule has 0 spiro atoms. The van der Waals surface area contributed by atoms with Crippen LogP contribution in [0, 0.1) is 0 Å². The van der Waals surface area contributed by atoms with Gasteiger partial charge in [-0.1, -0.05) is 6.92 Å². The van der Waals surface area contributed by atoms with Crippen LogP contribution < -0.4 is 0 Å². The molecule has 2 N–H and O–H groups in total. The van der Waals surface area contributed by atoms with Gasteiger partial charge >= 0.3 is 0 Å². The molecule has 1 unspecified atom stereocenters. The SMILES string of the molecule is CCC1(OC)C[C@@]2(C)O[C@@](C)(C1)[C@H](O)[C@@H]2O. The summed E-state index contributed by atoms with van der Waals surface area (Å²) < 4.78 is 11.5. The van der Waals surface area contributed by atoms with Crippen molar-refractivity contribution in [2.24, 2.45) is 0 Å². The molecule has 0 aromatic rings. The number of hydrogen-bond donors (Lipinski definition) is 2. The highest BCUT2D eigenvalue weighted by Crippen LogP contribution is 2.53. The van der Waals surface area contributed by atoms with Gasteiger partial charge in [-0.2, -0.15) is 0 Å². The molecule has 4 heteroatoms. The highest BCUT2D eigenvalue weighted by Gasteiger charge is 2.65. The minimum absolute atomic E-state index is 0.291. The summed E-state index contributed by atoms with van der Waals surface area (Å²) in [4.78, 5) is 0. The number of aliphatic hydroxyl groups is 2. The zero-order valence-electron chi connectivity index (χ0n) is 10.5. The Balaban J connectivity index is 2.38. The molecule has 94 valence electrons. The van der Waals surface area contributed by atoms with Crippen LogP contribution in [0.3, 0.4) is 0 Å². The Morgan fingerprint density at radius 2 is 1.62 bits per heavy atom. The van der Waals surface area contributed by atoms with E-state index in [0.717, 1.165) is 6.42 Å². The Labute approximate surface area is 96.6 Å². The summed E-state index contributed by atoms with van der Waals surface area (Å²) in [5, 5.41) is 20.2. The molecular weight excluding hydrogens is 208 g/mol. The summed E-state index contributed by atoms with van der Waals surface area (Å²) >= 11 is 0. The molecule has 2 saturated heterocycles. The molecule has 0 radical (unpaired) electrons. The zero-order chi connectivity index (χ0) is 12.2. The lowest BCUT2D eigenvalue weighted by Crippen LogP contribution is -2.53. The monoisotopic (exact) mass is 230 g/mol. The molecule has 2 bridgehead atoms. The standard InChI is InChI=1S/C12H22O4/c1-5-12(15-4)6-10(2)8(13)9(14)11(3,7-12)16-10/h8-9,13-14H,5-7H2,1-4H3/t8-,9+,10+,11-,12?. The minimum Gasteiger partial charge on any atom is -0.387 e. The smallest absolute Gasteiger partial charge is 0.111 e. The lowest BCUT2D eigenvalue weighted by molar-refractivity contribution is -0.220. The molecule has 0 aromatic heterocycles. The third-order valence-corrected chi connectivity index (χ3v) is 4.44. The van der Waals surface area contributed by atoms with Gasteiger partial charge in [-0.15, -0.1) is 0 Å². The molecule has 2 heterocycles. The summed E-state index contributed by atoms with van der Waals surface area (Å²) in [5.41, 5.74) is -1.68. The number of rotatable bonds is 2. The van der Waals surface area contributed by atoms with Crippen molar-refractivity contribution >= 4 is 0 Å². The van der Waals surface area contributed by atoms with E-state index in [4.69, 9.17) is 9.47 Å². The fourth-order valence-corrected chi connectivity index (χ4v) is 3.48. The normalized spacial score (nSPS) is 56.6. The van der Waals surface area contributed by atoms with Crippen molar-refractivity contribution in [3.63, 3.8) is 0 Å². The molecule has 5 atom stereocenters. The number of ether oxygens (including phenoxy) is 2. The lowest BCUT2D eigenvalue weighted by atomic mass is 9.79. The van der Waals surface area contributed by atoms with Crippen molar-refractivity contribution in [2.75, 3.05) is 7.11 Å². The van der Waals surface area contributed by atoms with Crippen LogP contribution in [0.5, 0.6) is 0 Å². The maximum Gasteiger partial charge on any atom is 0.111 e. The van der Waals surface area contributed by atoms with Crippen LogP contribution in [0.2, 0.25) is 0 Å². The van der Waals surface area contributed by atoms with Crippen LogP contribution in [-0.2, 0) is 9.47 Å². The molecule has 2 fully saturated rings. The molecule has 2 aliphatic heterocycles. The summed E-state index contributed by atoms with van der Waals surface area (Å²) in [6.45, 7) is 5.78. The number of fused-ring (bicyclic) bond motifs is 2. The third kappa shape index (κ3) is 1.44. The van der Waals surface area contributed by atoms with Gasteiger partial charge in [0.1, 0.15) is 12.2 Å². The van der Waals surface area contributed by atoms with Gasteiger partial charge in [0, 0.05) is 20.0 Å². The van der Waals surface area contributed by atoms with Crippen molar-refractivity contribution in [3.05, 3.63) is 0 Å². The summed E-state index contributed by atoms with van der Waals surface area (Å²) in [7, 11) is 1.69. The van der Waals surface area contributed by atoms with Gasteiger partial charge in [0.15, 0.2) is 0 Å². The fraction of sp³-hybridized carbons (Fsp3) is 1.00. The van der Waals surface area contributed by atoms with E-state index in [-0.39, 0.29) is 5.60 Å². The first-order chi connectivity index (χ1) is 7.31. The first-order valence-electron chi connectivity index (χ1n) is 5.92. The van der Waals surface area contributed by atoms with Crippen LogP contribution in [0.4, 0.5) is 0 Å². The van der Waals surface area contributed by atoms with Gasteiger partial charge in [0.2, 0.25) is 0 Å². The largest absolute Gasteiger partial charge is 0.387 e. The van der Waals surface area contributed by atoms with Crippen LogP contribution in [0.1, 0.15) is 40.0 Å². The maximum atomic E-state index is 10.1. The van der Waals surface area contributed by atoms with E-state index in [1.165, 1.54) is 0 Å². The number of methoxy groups -OCH3 is 1. The molecule has 0 aromatic carbocycles. The van der Waals surface area contributed by atoms with Gasteiger partial charge in [0.25, 0.3) is 0 Å². The van der Waals surface area contributed by atoms with Gasteiger partial charge < -0.3 is 19.7 Å². The van der Waals surface area contributed by atoms with E-state index < -0.39 is 23.4 Å². The van der Waals surface area contributed by atoms with Crippen LogP contribution in [0.15, 0.2) is 0 Å². The van der Waals surface area contributed by atoms with E-state index in [1.807, 2.05) is 13.8 Å². The molecule has 2 aliphatic rings. The van der Waals surface area contributed by atoms with E-state index in [1.54, 1.807) is 7.11 Å². The average molecular weight is 230 g/mol. The Bertz CT molecular complexity index is 265. The van der Waals surface area contributed by atoms with Gasteiger partial charge in [0.05, 0.1) is 16.8 Å². The Morgan fingerprint density at radius 1 is 1.19 bits per heavy atom. The van der Waals surface area contributed by atoms with Crippen molar-refractivity contribution in [1.82, 2.24) is 0 Å². The van der Waals surface area contributed by atoms with Crippen LogP contribution >= 0.6 is 0 Å². The lowest BCUT2D eigenvalue weighted by Gasteiger charge is -2.47. The van der Waals surface area contributed by atoms with E-state index in [0.29, 0.717) is 12.8 Å². The first-order valence-corrected chi connectivity index (χ1v) is 5.92. The third-order valence-electron chi connectivity index (χ3n) is 4.44. The fourth-order valence-electron chi connectivity index (χ4n) is 3.48. The Hall–Kier alpha value is -0.160. The molecule has 0 saturated carbocycles. The molecule has 2 rings (SSSR count). The van der Waals surface area contributed by atoms with Crippen molar-refractivity contribution in [1.29, 1.82) is 0 Å². The highest BCUT2D eigenvalue weighted by molar-refractivity contribution is 5.15. The van der Waals surface area contributed by atoms with Gasteiger partial charge in [-0.25, -0.2) is 0 Å². The van der Waals surface area contributed by atoms with Crippen molar-refractivity contribution in [3.8, 4) is 0 Å². The van der Waals surface area contributed by atoms with E-state index in [9.17, 15) is 10.2 Å². The molecule has 4 nitrogen and oxygen atoms in total. The maximum absolute atomic E-state index is 10.1. The first kappa shape index (κ1) is 12.3. The quantitative estimate of drug-likeness (QED) is 0.738. The van der Waals surface area contributed by atoms with Crippen molar-refractivity contribution < 1.29 is 19.7 Å². The van der Waals surface area contributed by atoms with Gasteiger partial charge in [-0.05, 0) is 20.3 Å². The average Bonchev–Trinajstić information content (AvgIpc) is 2.36. The van der Waals surface area contributed by atoms with Crippen LogP contribution in [0.25, 0.3) is 0 Å². The predicted molar refractivity (Wildman–Crippen MR) is 59.2 cm³/mol. The zero-order valence-corrected chi connectivity index (χ0v) is 10.5. The topological polar surface area (TPSA) is 58.9 Å². The molecular formula is C12H22O4. The molecule has 16 heavy (non-hydrogen) atoms. The highest BCUT2D eigenvalue weighted by atomic mass is 16.6. The van der Waals surface area contributed by atoms with E-state index >= 15 is 0 Å². The van der Waals surface area contributed by atoms with E-state index in [2.05, 4.69) is 6.92 Å².